The lowest BCUT2D eigenvalue weighted by Crippen LogP contribution is -2.29. The number of imidazole rings is 1. The first kappa shape index (κ1) is 11.7. The van der Waals surface area contributed by atoms with Crippen LogP contribution >= 0.6 is 15.9 Å². The molecule has 0 fully saturated rings. The summed E-state index contributed by atoms with van der Waals surface area (Å²) in [7, 11) is -3.25. The number of nitrogens with zero attached hydrogens (tertiary/aromatic N) is 1. The van der Waals surface area contributed by atoms with Crippen molar-refractivity contribution in [2.24, 2.45) is 0 Å². The third kappa shape index (κ3) is 3.07. The Kier molecular flexibility index (Phi) is 4.09. The smallest absolute Gasteiger partial charge is 0.222 e. The van der Waals surface area contributed by atoms with Crippen LogP contribution in [0.2, 0.25) is 0 Å². The van der Waals surface area contributed by atoms with Crippen molar-refractivity contribution >= 4 is 26.0 Å². The van der Waals surface area contributed by atoms with Gasteiger partial charge in [0.25, 0.3) is 0 Å². The predicted molar refractivity (Wildman–Crippen MR) is 57.5 cm³/mol. The average molecular weight is 282 g/mol. The molecule has 0 aromatic carbocycles. The van der Waals surface area contributed by atoms with Crippen molar-refractivity contribution in [1.82, 2.24) is 14.7 Å². The summed E-state index contributed by atoms with van der Waals surface area (Å²) >= 11 is 2.91. The Balaban J connectivity index is 2.75. The highest BCUT2D eigenvalue weighted by Gasteiger charge is 2.18. The molecule has 0 aliphatic rings. The number of halogens is 1. The number of alkyl halides is 1. The third-order valence-electron chi connectivity index (χ3n) is 1.72. The van der Waals surface area contributed by atoms with Gasteiger partial charge in [-0.1, -0.05) is 22.9 Å². The summed E-state index contributed by atoms with van der Waals surface area (Å²) in [5, 5.41) is 0. The molecule has 1 heterocycles. The van der Waals surface area contributed by atoms with Gasteiger partial charge < -0.3 is 4.98 Å². The Morgan fingerprint density at radius 1 is 1.71 bits per heavy atom. The standard InChI is InChI=1S/C7H12BrN3O2S/c1-2-6(7-9-3-4-10-7)11-14(12,13)5-8/h3-4,6,11H,2,5H2,1H3,(H,9,10). The molecule has 0 aliphatic heterocycles. The summed E-state index contributed by atoms with van der Waals surface area (Å²) in [4.78, 5) is 6.89. The van der Waals surface area contributed by atoms with Crippen molar-refractivity contribution in [3.8, 4) is 0 Å². The molecular weight excluding hydrogens is 270 g/mol. The molecule has 1 aromatic heterocycles. The number of H-pyrrole nitrogens is 1. The first-order valence-corrected chi connectivity index (χ1v) is 6.91. The van der Waals surface area contributed by atoms with Crippen molar-refractivity contribution in [3.05, 3.63) is 18.2 Å². The van der Waals surface area contributed by atoms with Gasteiger partial charge in [-0.15, -0.1) is 0 Å². The van der Waals surface area contributed by atoms with Crippen LogP contribution in [0, 0.1) is 0 Å². The summed E-state index contributed by atoms with van der Waals surface area (Å²) in [6.45, 7) is 1.89. The van der Waals surface area contributed by atoms with Gasteiger partial charge >= 0.3 is 0 Å². The van der Waals surface area contributed by atoms with Crippen LogP contribution in [0.3, 0.4) is 0 Å². The summed E-state index contributed by atoms with van der Waals surface area (Å²) in [6.07, 6.45) is 3.92. The maximum Gasteiger partial charge on any atom is 0.222 e. The molecule has 0 spiro atoms. The topological polar surface area (TPSA) is 74.8 Å². The first-order chi connectivity index (χ1) is 6.59. The lowest BCUT2D eigenvalue weighted by atomic mass is 10.2. The minimum Gasteiger partial charge on any atom is -0.347 e. The van der Waals surface area contributed by atoms with Crippen molar-refractivity contribution in [2.45, 2.75) is 19.4 Å². The molecular formula is C7H12BrN3O2S. The SMILES string of the molecule is CCC(NS(=O)(=O)CBr)c1ncc[nH]1. The number of aromatic amines is 1. The van der Waals surface area contributed by atoms with E-state index in [1.54, 1.807) is 12.4 Å². The zero-order chi connectivity index (χ0) is 10.6. The van der Waals surface area contributed by atoms with Crippen LogP contribution in [-0.4, -0.2) is 23.0 Å². The van der Waals surface area contributed by atoms with E-state index in [1.807, 2.05) is 6.92 Å². The highest BCUT2D eigenvalue weighted by molar-refractivity contribution is 9.10. The Hall–Kier alpha value is -0.400. The Morgan fingerprint density at radius 2 is 2.43 bits per heavy atom. The van der Waals surface area contributed by atoms with E-state index >= 15 is 0 Å². The number of hydrogen-bond acceptors (Lipinski definition) is 3. The lowest BCUT2D eigenvalue weighted by molar-refractivity contribution is 0.543. The normalized spacial score (nSPS) is 14.1. The molecule has 1 unspecified atom stereocenters. The van der Waals surface area contributed by atoms with Gasteiger partial charge in [-0.3, -0.25) is 0 Å². The number of rotatable bonds is 5. The molecule has 2 N–H and O–H groups in total. The van der Waals surface area contributed by atoms with Crippen LogP contribution in [0.1, 0.15) is 25.2 Å². The summed E-state index contributed by atoms with van der Waals surface area (Å²) in [5.41, 5.74) is 0. The molecule has 0 bridgehead atoms. The van der Waals surface area contributed by atoms with Crippen LogP contribution in [0.25, 0.3) is 0 Å². The molecule has 1 atom stereocenters. The average Bonchev–Trinajstić information content (AvgIpc) is 2.67. The molecule has 1 aromatic rings. The van der Waals surface area contributed by atoms with E-state index in [9.17, 15) is 8.42 Å². The van der Waals surface area contributed by atoms with Crippen molar-refractivity contribution in [2.75, 3.05) is 4.66 Å². The molecule has 0 saturated heterocycles. The molecule has 1 rings (SSSR count). The van der Waals surface area contributed by atoms with Gasteiger partial charge in [-0.05, 0) is 6.42 Å². The highest BCUT2D eigenvalue weighted by Crippen LogP contribution is 2.13. The Morgan fingerprint density at radius 3 is 2.86 bits per heavy atom. The van der Waals surface area contributed by atoms with Gasteiger partial charge in [-0.25, -0.2) is 18.1 Å². The molecule has 0 amide bonds. The molecule has 7 heteroatoms. The molecule has 80 valence electrons. The summed E-state index contributed by atoms with van der Waals surface area (Å²) in [5.74, 6) is 0.636. The van der Waals surface area contributed by atoms with Crippen molar-refractivity contribution in [3.63, 3.8) is 0 Å². The second kappa shape index (κ2) is 4.90. The molecule has 0 aliphatic carbocycles. The number of aromatic nitrogens is 2. The first-order valence-electron chi connectivity index (χ1n) is 4.14. The van der Waals surface area contributed by atoms with E-state index < -0.39 is 10.0 Å². The Bertz CT molecular complexity index is 362. The minimum atomic E-state index is -3.25. The molecule has 5 nitrogen and oxygen atoms in total. The Labute approximate surface area is 91.5 Å². The van der Waals surface area contributed by atoms with Crippen LogP contribution in [0.4, 0.5) is 0 Å². The quantitative estimate of drug-likeness (QED) is 0.795. The highest BCUT2D eigenvalue weighted by atomic mass is 79.9. The maximum atomic E-state index is 11.3. The minimum absolute atomic E-state index is 0.1000. The lowest BCUT2D eigenvalue weighted by Gasteiger charge is -2.13. The zero-order valence-electron chi connectivity index (χ0n) is 7.70. The molecule has 0 radical (unpaired) electrons. The van der Waals surface area contributed by atoms with Crippen LogP contribution in [0.5, 0.6) is 0 Å². The van der Waals surface area contributed by atoms with Gasteiger partial charge in [0.15, 0.2) is 0 Å². The van der Waals surface area contributed by atoms with E-state index in [1.165, 1.54) is 0 Å². The number of hydrogen-bond donors (Lipinski definition) is 2. The van der Waals surface area contributed by atoms with E-state index in [4.69, 9.17) is 0 Å². The van der Waals surface area contributed by atoms with E-state index in [-0.39, 0.29) is 10.7 Å². The van der Waals surface area contributed by atoms with Gasteiger partial charge in [0.2, 0.25) is 10.0 Å². The fraction of sp³-hybridized carbons (Fsp3) is 0.571. The van der Waals surface area contributed by atoms with Crippen molar-refractivity contribution in [1.29, 1.82) is 0 Å². The third-order valence-corrected chi connectivity index (χ3v) is 4.46. The molecule has 14 heavy (non-hydrogen) atoms. The van der Waals surface area contributed by atoms with Crippen LogP contribution < -0.4 is 4.72 Å². The number of sulfonamides is 1. The van der Waals surface area contributed by atoms with E-state index in [0.29, 0.717) is 12.2 Å². The van der Waals surface area contributed by atoms with Gasteiger partial charge in [0, 0.05) is 12.4 Å². The van der Waals surface area contributed by atoms with E-state index in [2.05, 4.69) is 30.6 Å². The predicted octanol–water partition coefficient (Wildman–Crippen LogP) is 1.13. The fourth-order valence-electron chi connectivity index (χ4n) is 1.05. The van der Waals surface area contributed by atoms with E-state index in [0.717, 1.165) is 0 Å². The van der Waals surface area contributed by atoms with Gasteiger partial charge in [-0.2, -0.15) is 0 Å². The second-order valence-corrected chi connectivity index (χ2v) is 5.83. The van der Waals surface area contributed by atoms with Crippen molar-refractivity contribution < 1.29 is 8.42 Å². The molecule has 0 saturated carbocycles. The van der Waals surface area contributed by atoms with Crippen LogP contribution in [-0.2, 0) is 10.0 Å². The largest absolute Gasteiger partial charge is 0.347 e. The zero-order valence-corrected chi connectivity index (χ0v) is 10.1. The van der Waals surface area contributed by atoms with Gasteiger partial charge in [0.1, 0.15) is 10.5 Å². The van der Waals surface area contributed by atoms with Crippen LogP contribution in [0.15, 0.2) is 12.4 Å². The summed E-state index contributed by atoms with van der Waals surface area (Å²) < 4.78 is 25.0. The maximum absolute atomic E-state index is 11.3. The number of nitrogens with one attached hydrogen (secondary N) is 2. The van der Waals surface area contributed by atoms with Gasteiger partial charge in [0.05, 0.1) is 6.04 Å². The summed E-state index contributed by atoms with van der Waals surface area (Å²) in [6, 6.07) is -0.285. The fourth-order valence-corrected chi connectivity index (χ4v) is 2.22. The monoisotopic (exact) mass is 281 g/mol. The second-order valence-electron chi connectivity index (χ2n) is 2.78.